The Morgan fingerprint density at radius 2 is 1.52 bits per heavy atom. The van der Waals surface area contributed by atoms with Crippen molar-refractivity contribution < 1.29 is 8.42 Å². The zero-order chi connectivity index (χ0) is 27.4. The van der Waals surface area contributed by atoms with Crippen LogP contribution >= 0.6 is 0 Å². The quantitative estimate of drug-likeness (QED) is 0.344. The third kappa shape index (κ3) is 6.67. The smallest absolute Gasteiger partial charge is 0.240 e. The predicted molar refractivity (Wildman–Crippen MR) is 155 cm³/mol. The minimum atomic E-state index is -3.70. The van der Waals surface area contributed by atoms with Crippen LogP contribution in [0.25, 0.3) is 0 Å². The zero-order valence-electron chi connectivity index (χ0n) is 23.4. The maximum absolute atomic E-state index is 13.3. The second-order valence-electron chi connectivity index (χ2n) is 12.2. The summed E-state index contributed by atoms with van der Waals surface area (Å²) < 4.78 is 29.5. The number of piperidine rings is 1. The lowest BCUT2D eigenvalue weighted by atomic mass is 9.77. The number of likely N-dealkylation sites (tertiary alicyclic amines) is 2. The van der Waals surface area contributed by atoms with Gasteiger partial charge in [-0.15, -0.1) is 0 Å². The van der Waals surface area contributed by atoms with Gasteiger partial charge in [0.15, 0.2) is 0 Å². The summed E-state index contributed by atoms with van der Waals surface area (Å²) in [7, 11) is -3.70. The van der Waals surface area contributed by atoms with E-state index in [0.29, 0.717) is 18.3 Å². The first-order valence-corrected chi connectivity index (χ1v) is 16.5. The molecule has 10 heteroatoms. The monoisotopic (exact) mass is 565 g/mol. The molecule has 1 aliphatic carbocycles. The molecule has 0 atom stereocenters. The maximum Gasteiger partial charge on any atom is 0.240 e. The van der Waals surface area contributed by atoms with Gasteiger partial charge in [0.2, 0.25) is 10.0 Å². The Morgan fingerprint density at radius 3 is 2.12 bits per heavy atom. The number of aromatic amines is 2. The Morgan fingerprint density at radius 1 is 0.900 bits per heavy atom. The van der Waals surface area contributed by atoms with Crippen molar-refractivity contribution in [1.82, 2.24) is 34.5 Å². The van der Waals surface area contributed by atoms with Crippen LogP contribution in [-0.2, 0) is 29.4 Å². The van der Waals surface area contributed by atoms with Crippen molar-refractivity contribution in [1.29, 1.82) is 0 Å². The summed E-state index contributed by atoms with van der Waals surface area (Å²) in [5.74, 6) is 1.47. The normalized spacial score (nSPS) is 21.0. The molecule has 216 valence electrons. The van der Waals surface area contributed by atoms with E-state index in [1.165, 1.54) is 70.0 Å². The number of rotatable bonds is 10. The van der Waals surface area contributed by atoms with Crippen LogP contribution in [0, 0.1) is 5.41 Å². The molecule has 0 bridgehead atoms. The largest absolute Gasteiger partial charge is 0.349 e. The molecule has 1 spiro atoms. The van der Waals surface area contributed by atoms with Crippen molar-refractivity contribution in [2.45, 2.75) is 87.7 Å². The van der Waals surface area contributed by atoms with Gasteiger partial charge in [-0.1, -0.05) is 31.4 Å². The van der Waals surface area contributed by atoms with Crippen LogP contribution in [0.3, 0.4) is 0 Å². The summed E-state index contributed by atoms with van der Waals surface area (Å²) in [5, 5.41) is 0. The molecular weight excluding hydrogens is 522 g/mol. The van der Waals surface area contributed by atoms with Gasteiger partial charge in [0.1, 0.15) is 11.6 Å². The molecular formula is C30H43N7O2S. The fraction of sp³-hybridized carbons (Fsp3) is 0.600. The molecule has 0 amide bonds. The lowest BCUT2D eigenvalue weighted by molar-refractivity contribution is 0.0615. The molecule has 0 unspecified atom stereocenters. The molecule has 40 heavy (non-hydrogen) atoms. The highest BCUT2D eigenvalue weighted by molar-refractivity contribution is 7.89. The fourth-order valence-corrected chi connectivity index (χ4v) is 8.38. The lowest BCUT2D eigenvalue weighted by Gasteiger charge is -2.43. The van der Waals surface area contributed by atoms with Crippen LogP contribution in [0.5, 0.6) is 0 Å². The second-order valence-corrected chi connectivity index (χ2v) is 13.9. The fourth-order valence-electron chi connectivity index (χ4n) is 7.14. The number of nitrogens with zero attached hydrogens (tertiary/aromatic N) is 4. The first-order chi connectivity index (χ1) is 19.5. The van der Waals surface area contributed by atoms with Gasteiger partial charge in [0.05, 0.1) is 4.90 Å². The summed E-state index contributed by atoms with van der Waals surface area (Å²) in [6, 6.07) is 7.87. The molecule has 1 aromatic carbocycles. The summed E-state index contributed by atoms with van der Waals surface area (Å²) in [6.07, 6.45) is 18.7. The topological polar surface area (TPSA) is 110 Å². The summed E-state index contributed by atoms with van der Waals surface area (Å²) in [5.41, 5.74) is 1.63. The number of nitrogens with one attached hydrogen (secondary N) is 3. The van der Waals surface area contributed by atoms with Crippen LogP contribution in [0.4, 0.5) is 0 Å². The highest BCUT2D eigenvalue weighted by Gasteiger charge is 2.41. The number of sulfonamides is 1. The van der Waals surface area contributed by atoms with E-state index in [2.05, 4.69) is 34.5 Å². The van der Waals surface area contributed by atoms with Crippen molar-refractivity contribution in [2.75, 3.05) is 26.2 Å². The standard InChI is InChI=1S/C30H43N7O2S/c38-40(39,35-25(20-28-31-13-14-32-28)21-29-33-15-16-34-29)27-8-6-24(7-9-27)22-36-17-10-30(23-36)11-18-37(19-12-30)26-4-2-1-3-5-26/h6-9,13-16,25-26,35H,1-5,10-12,17-23H2,(H,31,32)(H,33,34). The van der Waals surface area contributed by atoms with Crippen LogP contribution in [0.1, 0.15) is 68.6 Å². The van der Waals surface area contributed by atoms with E-state index in [4.69, 9.17) is 0 Å². The van der Waals surface area contributed by atoms with E-state index < -0.39 is 10.0 Å². The zero-order valence-corrected chi connectivity index (χ0v) is 24.2. The molecule has 6 rings (SSSR count). The Balaban J connectivity index is 1.03. The molecule has 2 aliphatic heterocycles. The number of imidazole rings is 2. The van der Waals surface area contributed by atoms with Gasteiger partial charge >= 0.3 is 0 Å². The van der Waals surface area contributed by atoms with E-state index in [1.807, 2.05) is 12.1 Å². The number of hydrogen-bond donors (Lipinski definition) is 3. The molecule has 2 saturated heterocycles. The van der Waals surface area contributed by atoms with Gasteiger partial charge in [-0.3, -0.25) is 4.90 Å². The summed E-state index contributed by atoms with van der Waals surface area (Å²) >= 11 is 0. The van der Waals surface area contributed by atoms with Crippen molar-refractivity contribution in [3.05, 3.63) is 66.3 Å². The average molecular weight is 566 g/mol. The van der Waals surface area contributed by atoms with E-state index in [-0.39, 0.29) is 10.9 Å². The Hall–Kier alpha value is -2.53. The first kappa shape index (κ1) is 27.6. The number of benzene rings is 1. The van der Waals surface area contributed by atoms with Crippen molar-refractivity contribution in [3.63, 3.8) is 0 Å². The lowest BCUT2D eigenvalue weighted by Crippen LogP contribution is -2.46. The Bertz CT molecular complexity index is 1260. The van der Waals surface area contributed by atoms with E-state index >= 15 is 0 Å². The third-order valence-corrected chi connectivity index (χ3v) is 11.0. The highest BCUT2D eigenvalue weighted by atomic mass is 32.2. The molecule has 4 heterocycles. The van der Waals surface area contributed by atoms with Crippen molar-refractivity contribution in [2.24, 2.45) is 5.41 Å². The van der Waals surface area contributed by atoms with Crippen molar-refractivity contribution in [3.8, 4) is 0 Å². The number of aromatic nitrogens is 4. The molecule has 9 nitrogen and oxygen atoms in total. The van der Waals surface area contributed by atoms with Crippen LogP contribution in [0.15, 0.2) is 53.9 Å². The Labute approximate surface area is 238 Å². The third-order valence-electron chi connectivity index (χ3n) is 9.42. The average Bonchev–Trinajstić information content (AvgIpc) is 3.74. The SMILES string of the molecule is O=S(=O)(NC(Cc1ncc[nH]1)Cc1ncc[nH]1)c1ccc(CN2CCC3(CCN(C4CCCCC4)CC3)C2)cc1. The molecule has 3 aromatic rings. The van der Waals surface area contributed by atoms with Gasteiger partial charge in [-0.05, 0) is 74.8 Å². The second kappa shape index (κ2) is 12.1. The van der Waals surface area contributed by atoms with Crippen molar-refractivity contribution >= 4 is 10.0 Å². The molecule has 3 fully saturated rings. The minimum Gasteiger partial charge on any atom is -0.349 e. The maximum atomic E-state index is 13.3. The molecule has 3 aliphatic rings. The Kier molecular flexibility index (Phi) is 8.39. The van der Waals surface area contributed by atoms with E-state index in [9.17, 15) is 8.42 Å². The van der Waals surface area contributed by atoms with Gasteiger partial charge < -0.3 is 14.9 Å². The molecule has 2 aromatic heterocycles. The van der Waals surface area contributed by atoms with Crippen LogP contribution in [-0.4, -0.2) is 76.4 Å². The van der Waals surface area contributed by atoms with Crippen LogP contribution < -0.4 is 4.72 Å². The van der Waals surface area contributed by atoms with Gasteiger partial charge in [-0.25, -0.2) is 23.1 Å². The first-order valence-electron chi connectivity index (χ1n) is 15.0. The summed E-state index contributed by atoms with van der Waals surface area (Å²) in [4.78, 5) is 20.3. The number of hydrogen-bond acceptors (Lipinski definition) is 6. The van der Waals surface area contributed by atoms with Crippen LogP contribution in [0.2, 0.25) is 0 Å². The minimum absolute atomic E-state index is 0.285. The molecule has 1 saturated carbocycles. The van der Waals surface area contributed by atoms with E-state index in [0.717, 1.165) is 37.3 Å². The molecule has 3 N–H and O–H groups in total. The van der Waals surface area contributed by atoms with Gasteiger partial charge in [0.25, 0.3) is 0 Å². The summed E-state index contributed by atoms with van der Waals surface area (Å²) in [6.45, 7) is 5.69. The number of H-pyrrole nitrogens is 2. The molecule has 0 radical (unpaired) electrons. The highest BCUT2D eigenvalue weighted by Crippen LogP contribution is 2.42. The predicted octanol–water partition coefficient (Wildman–Crippen LogP) is 3.89. The van der Waals surface area contributed by atoms with Gasteiger partial charge in [-0.2, -0.15) is 0 Å². The van der Waals surface area contributed by atoms with E-state index in [1.54, 1.807) is 36.9 Å². The van der Waals surface area contributed by atoms with Gasteiger partial charge in [0, 0.05) is 62.8 Å².